The summed E-state index contributed by atoms with van der Waals surface area (Å²) in [5.41, 5.74) is 1.74. The van der Waals surface area contributed by atoms with Crippen molar-refractivity contribution >= 4 is 39.0 Å². The van der Waals surface area contributed by atoms with Crippen LogP contribution in [0.5, 0.6) is 0 Å². The van der Waals surface area contributed by atoms with Crippen molar-refractivity contribution in [1.29, 1.82) is 0 Å². The van der Waals surface area contributed by atoms with Gasteiger partial charge in [-0.3, -0.25) is 9.59 Å². The van der Waals surface area contributed by atoms with Crippen LogP contribution >= 0.6 is 11.6 Å². The van der Waals surface area contributed by atoms with E-state index in [1.165, 1.54) is 31.2 Å². The van der Waals surface area contributed by atoms with Crippen LogP contribution in [0.15, 0.2) is 83.8 Å². The zero-order chi connectivity index (χ0) is 22.4. The average Bonchev–Trinajstić information content (AvgIpc) is 2.74. The molecule has 3 aromatic rings. The SMILES string of the molecule is CC(=O)c1ccc(NC(=O)CN(Cc2ccccc2)S(=O)(=O)c2ccc(Cl)cc2)cc1. The Morgan fingerprint density at radius 3 is 2.10 bits per heavy atom. The molecular weight excluding hydrogens is 436 g/mol. The van der Waals surface area contributed by atoms with Crippen molar-refractivity contribution in [2.24, 2.45) is 0 Å². The Hall–Kier alpha value is -3.00. The molecule has 6 nitrogen and oxygen atoms in total. The Morgan fingerprint density at radius 1 is 0.903 bits per heavy atom. The minimum atomic E-state index is -3.95. The van der Waals surface area contributed by atoms with Gasteiger partial charge in [0.15, 0.2) is 5.78 Å². The highest BCUT2D eigenvalue weighted by molar-refractivity contribution is 7.89. The lowest BCUT2D eigenvalue weighted by molar-refractivity contribution is -0.116. The standard InChI is InChI=1S/C23H21ClN2O4S/c1-17(27)19-7-11-21(12-8-19)25-23(28)16-26(15-18-5-3-2-4-6-18)31(29,30)22-13-9-20(24)10-14-22/h2-14H,15-16H2,1H3,(H,25,28). The molecule has 0 bridgehead atoms. The van der Waals surface area contributed by atoms with Crippen molar-refractivity contribution in [2.75, 3.05) is 11.9 Å². The van der Waals surface area contributed by atoms with E-state index in [4.69, 9.17) is 11.6 Å². The van der Waals surface area contributed by atoms with E-state index in [0.717, 1.165) is 9.87 Å². The van der Waals surface area contributed by atoms with Gasteiger partial charge in [-0.05, 0) is 61.0 Å². The van der Waals surface area contributed by atoms with Gasteiger partial charge in [0, 0.05) is 22.8 Å². The summed E-state index contributed by atoms with van der Waals surface area (Å²) in [6.07, 6.45) is 0. The lowest BCUT2D eigenvalue weighted by atomic mass is 10.1. The number of ketones is 1. The van der Waals surface area contributed by atoms with Gasteiger partial charge in [-0.25, -0.2) is 8.42 Å². The third-order valence-corrected chi connectivity index (χ3v) is 6.61. The van der Waals surface area contributed by atoms with Gasteiger partial charge in [0.25, 0.3) is 0 Å². The minimum Gasteiger partial charge on any atom is -0.325 e. The maximum atomic E-state index is 13.2. The van der Waals surface area contributed by atoms with Gasteiger partial charge >= 0.3 is 0 Å². The number of sulfonamides is 1. The molecule has 8 heteroatoms. The van der Waals surface area contributed by atoms with Gasteiger partial charge in [-0.15, -0.1) is 0 Å². The number of Topliss-reactive ketones (excluding diaryl/α,β-unsaturated/α-hetero) is 1. The summed E-state index contributed by atoms with van der Waals surface area (Å²) < 4.78 is 27.6. The van der Waals surface area contributed by atoms with E-state index in [1.54, 1.807) is 48.5 Å². The highest BCUT2D eigenvalue weighted by Crippen LogP contribution is 2.21. The number of rotatable bonds is 8. The van der Waals surface area contributed by atoms with Crippen LogP contribution in [-0.2, 0) is 21.4 Å². The molecule has 1 amide bonds. The normalized spacial score (nSPS) is 11.3. The molecule has 3 aromatic carbocycles. The first-order valence-electron chi connectivity index (χ1n) is 9.46. The summed E-state index contributed by atoms with van der Waals surface area (Å²) in [7, 11) is -3.95. The number of halogens is 1. The monoisotopic (exact) mass is 456 g/mol. The number of amides is 1. The van der Waals surface area contributed by atoms with E-state index in [9.17, 15) is 18.0 Å². The topological polar surface area (TPSA) is 83.6 Å². The van der Waals surface area contributed by atoms with Crippen molar-refractivity contribution < 1.29 is 18.0 Å². The number of carbonyl (C=O) groups is 2. The fraction of sp³-hybridized carbons (Fsp3) is 0.130. The summed E-state index contributed by atoms with van der Waals surface area (Å²) in [5.74, 6) is -0.579. The van der Waals surface area contributed by atoms with Crippen LogP contribution in [0.1, 0.15) is 22.8 Å². The number of hydrogen-bond donors (Lipinski definition) is 1. The molecule has 0 fully saturated rings. The molecule has 0 aliphatic carbocycles. The molecule has 0 aliphatic heterocycles. The van der Waals surface area contributed by atoms with Gasteiger partial charge in [0.1, 0.15) is 0 Å². The summed E-state index contributed by atoms with van der Waals surface area (Å²) in [4.78, 5) is 24.1. The molecule has 0 saturated carbocycles. The van der Waals surface area contributed by atoms with Crippen molar-refractivity contribution in [1.82, 2.24) is 4.31 Å². The maximum absolute atomic E-state index is 13.2. The summed E-state index contributed by atoms with van der Waals surface area (Å²) in [6.45, 7) is 1.10. The van der Waals surface area contributed by atoms with Gasteiger partial charge in [-0.1, -0.05) is 41.9 Å². The largest absolute Gasteiger partial charge is 0.325 e. The molecule has 0 saturated heterocycles. The van der Waals surface area contributed by atoms with Crippen LogP contribution in [0, 0.1) is 0 Å². The molecule has 0 spiro atoms. The van der Waals surface area contributed by atoms with E-state index in [-0.39, 0.29) is 23.8 Å². The van der Waals surface area contributed by atoms with E-state index in [0.29, 0.717) is 16.3 Å². The smallest absolute Gasteiger partial charge is 0.243 e. The Morgan fingerprint density at radius 2 is 1.52 bits per heavy atom. The van der Waals surface area contributed by atoms with Gasteiger partial charge in [-0.2, -0.15) is 4.31 Å². The Labute approximate surface area is 186 Å². The maximum Gasteiger partial charge on any atom is 0.243 e. The second kappa shape index (κ2) is 9.87. The zero-order valence-electron chi connectivity index (χ0n) is 16.8. The van der Waals surface area contributed by atoms with E-state index >= 15 is 0 Å². The number of hydrogen-bond acceptors (Lipinski definition) is 4. The first-order chi connectivity index (χ1) is 14.8. The summed E-state index contributed by atoms with van der Waals surface area (Å²) in [6, 6.07) is 21.2. The Kier molecular flexibility index (Phi) is 7.22. The number of nitrogens with zero attached hydrogens (tertiary/aromatic N) is 1. The first-order valence-corrected chi connectivity index (χ1v) is 11.3. The fourth-order valence-electron chi connectivity index (χ4n) is 2.92. The van der Waals surface area contributed by atoms with Crippen molar-refractivity contribution in [3.05, 3.63) is 95.0 Å². The highest BCUT2D eigenvalue weighted by atomic mass is 35.5. The molecular formula is C23H21ClN2O4S. The van der Waals surface area contributed by atoms with E-state index in [2.05, 4.69) is 5.32 Å². The van der Waals surface area contributed by atoms with Gasteiger partial charge < -0.3 is 5.32 Å². The molecule has 0 atom stereocenters. The molecule has 0 aliphatic rings. The molecule has 0 unspecified atom stereocenters. The predicted molar refractivity (Wildman–Crippen MR) is 121 cm³/mol. The zero-order valence-corrected chi connectivity index (χ0v) is 18.4. The third-order valence-electron chi connectivity index (χ3n) is 4.55. The van der Waals surface area contributed by atoms with Crippen molar-refractivity contribution in [2.45, 2.75) is 18.4 Å². The third kappa shape index (κ3) is 6.01. The fourth-order valence-corrected chi connectivity index (χ4v) is 4.43. The lowest BCUT2D eigenvalue weighted by Crippen LogP contribution is -2.37. The molecule has 0 heterocycles. The second-order valence-electron chi connectivity index (χ2n) is 6.89. The summed E-state index contributed by atoms with van der Waals surface area (Å²) in [5, 5.41) is 3.10. The minimum absolute atomic E-state index is 0.0303. The summed E-state index contributed by atoms with van der Waals surface area (Å²) >= 11 is 5.88. The Bertz CT molecular complexity index is 1160. The molecule has 160 valence electrons. The number of benzene rings is 3. The molecule has 0 radical (unpaired) electrons. The average molecular weight is 457 g/mol. The molecule has 0 aromatic heterocycles. The van der Waals surface area contributed by atoms with Crippen LogP contribution in [0.4, 0.5) is 5.69 Å². The Balaban J connectivity index is 1.82. The second-order valence-corrected chi connectivity index (χ2v) is 9.27. The first kappa shape index (κ1) is 22.7. The van der Waals surface area contributed by atoms with Crippen LogP contribution in [-0.4, -0.2) is 31.0 Å². The van der Waals surface area contributed by atoms with Crippen LogP contribution in [0.3, 0.4) is 0 Å². The van der Waals surface area contributed by atoms with Gasteiger partial charge in [0.2, 0.25) is 15.9 Å². The van der Waals surface area contributed by atoms with Crippen molar-refractivity contribution in [3.63, 3.8) is 0 Å². The van der Waals surface area contributed by atoms with E-state index < -0.39 is 15.9 Å². The molecule has 1 N–H and O–H groups in total. The number of nitrogens with one attached hydrogen (secondary N) is 1. The quantitative estimate of drug-likeness (QED) is 0.510. The van der Waals surface area contributed by atoms with Gasteiger partial charge in [0.05, 0.1) is 11.4 Å². The van der Waals surface area contributed by atoms with Crippen LogP contribution in [0.2, 0.25) is 5.02 Å². The number of anilines is 1. The lowest BCUT2D eigenvalue weighted by Gasteiger charge is -2.22. The number of carbonyl (C=O) groups excluding carboxylic acids is 2. The molecule has 31 heavy (non-hydrogen) atoms. The van der Waals surface area contributed by atoms with Crippen LogP contribution < -0.4 is 5.32 Å². The van der Waals surface area contributed by atoms with Crippen molar-refractivity contribution in [3.8, 4) is 0 Å². The molecule has 3 rings (SSSR count). The highest BCUT2D eigenvalue weighted by Gasteiger charge is 2.27. The predicted octanol–water partition coefficient (Wildman–Crippen LogP) is 4.37. The van der Waals surface area contributed by atoms with E-state index in [1.807, 2.05) is 6.07 Å². The van der Waals surface area contributed by atoms with Crippen LogP contribution in [0.25, 0.3) is 0 Å².